The minimum absolute atomic E-state index is 0.00936. The fourth-order valence-electron chi connectivity index (χ4n) is 4.62. The zero-order valence-corrected chi connectivity index (χ0v) is 21.7. The van der Waals surface area contributed by atoms with Crippen LogP contribution < -0.4 is 14.9 Å². The molecule has 1 aliphatic rings. The number of aryl methyl sites for hydroxylation is 2. The molecular formula is C25H31ClN4O4S. The van der Waals surface area contributed by atoms with Crippen molar-refractivity contribution in [2.24, 2.45) is 0 Å². The van der Waals surface area contributed by atoms with E-state index in [0.29, 0.717) is 35.8 Å². The Hall–Kier alpha value is -2.59. The number of likely N-dealkylation sites (N-methyl/N-ethyl adjacent to an activating group) is 1. The third kappa shape index (κ3) is 5.18. The molecular weight excluding hydrogens is 488 g/mol. The number of rotatable bonds is 8. The average molecular weight is 519 g/mol. The van der Waals surface area contributed by atoms with Crippen LogP contribution >= 0.6 is 11.6 Å². The van der Waals surface area contributed by atoms with Crippen molar-refractivity contribution >= 4 is 44.1 Å². The highest BCUT2D eigenvalue weighted by molar-refractivity contribution is 7.92. The summed E-state index contributed by atoms with van der Waals surface area (Å²) in [5.41, 5.74) is 3.57. The van der Waals surface area contributed by atoms with Crippen molar-refractivity contribution in [2.45, 2.75) is 38.5 Å². The van der Waals surface area contributed by atoms with Gasteiger partial charge in [0.2, 0.25) is 10.0 Å². The fraction of sp³-hybridized carbons (Fsp3) is 0.400. The lowest BCUT2D eigenvalue weighted by molar-refractivity contribution is 0.0834. The Morgan fingerprint density at radius 2 is 2.03 bits per heavy atom. The summed E-state index contributed by atoms with van der Waals surface area (Å²) in [6, 6.07) is 10.2. The second-order valence-electron chi connectivity index (χ2n) is 8.92. The molecule has 188 valence electrons. The molecule has 0 aliphatic carbocycles. The minimum atomic E-state index is -3.51. The summed E-state index contributed by atoms with van der Waals surface area (Å²) in [6.45, 7) is 2.69. The van der Waals surface area contributed by atoms with E-state index in [0.717, 1.165) is 28.5 Å². The molecule has 2 atom stereocenters. The molecule has 0 fully saturated rings. The standard InChI is InChI=1S/C25H31ClN4O4S/c1-4-17-15-30-8-9-35(33,34)29(3)22-13-18(12-20(17)24(22)30)25(32)28-21(23(31)14-27-2)11-16-6-5-7-19(26)10-16/h5-7,10,12-13,15,21,23,27,31H,4,8-9,11,14H2,1-3H3,(H,28,32)/t21-,23+/m0/s1. The lowest BCUT2D eigenvalue weighted by atomic mass is 10.00. The van der Waals surface area contributed by atoms with Crippen molar-refractivity contribution in [2.75, 3.05) is 30.7 Å². The number of aliphatic hydroxyl groups excluding tert-OH is 1. The number of aromatic nitrogens is 1. The number of sulfonamides is 1. The van der Waals surface area contributed by atoms with E-state index in [2.05, 4.69) is 10.6 Å². The number of halogens is 1. The molecule has 1 aromatic heterocycles. The molecule has 2 aromatic carbocycles. The summed E-state index contributed by atoms with van der Waals surface area (Å²) >= 11 is 6.13. The Morgan fingerprint density at radius 3 is 2.71 bits per heavy atom. The second-order valence-corrected chi connectivity index (χ2v) is 11.5. The first-order valence-electron chi connectivity index (χ1n) is 11.6. The monoisotopic (exact) mass is 518 g/mol. The molecule has 0 radical (unpaired) electrons. The van der Waals surface area contributed by atoms with Crippen LogP contribution in [0.3, 0.4) is 0 Å². The maximum absolute atomic E-state index is 13.5. The lowest BCUT2D eigenvalue weighted by Crippen LogP contribution is -2.48. The van der Waals surface area contributed by atoms with Gasteiger partial charge in [-0.1, -0.05) is 30.7 Å². The Labute approximate surface area is 210 Å². The SMILES string of the molecule is CCc1cn2c3c(cc(C(=O)N[C@@H](Cc4cccc(Cl)c4)[C@H](O)CNC)cc13)N(C)S(=O)(=O)CC2. The van der Waals surface area contributed by atoms with Crippen molar-refractivity contribution in [1.29, 1.82) is 0 Å². The van der Waals surface area contributed by atoms with Gasteiger partial charge in [0.15, 0.2) is 0 Å². The van der Waals surface area contributed by atoms with Gasteiger partial charge in [0.05, 0.1) is 29.1 Å². The van der Waals surface area contributed by atoms with E-state index in [1.807, 2.05) is 42.0 Å². The number of hydrogen-bond acceptors (Lipinski definition) is 5. The normalized spacial score (nSPS) is 16.7. The molecule has 4 rings (SSSR count). The molecule has 3 N–H and O–H groups in total. The Balaban J connectivity index is 1.73. The molecule has 3 aromatic rings. The van der Waals surface area contributed by atoms with Crippen molar-refractivity contribution in [3.8, 4) is 0 Å². The molecule has 10 heteroatoms. The van der Waals surface area contributed by atoms with Crippen LogP contribution in [0, 0.1) is 0 Å². The van der Waals surface area contributed by atoms with Gasteiger partial charge < -0.3 is 20.3 Å². The first-order chi connectivity index (χ1) is 16.6. The Bertz CT molecular complexity index is 1350. The van der Waals surface area contributed by atoms with Crippen LogP contribution in [0.4, 0.5) is 5.69 Å². The van der Waals surface area contributed by atoms with Gasteiger partial charge in [0.1, 0.15) is 0 Å². The van der Waals surface area contributed by atoms with E-state index in [-0.39, 0.29) is 11.7 Å². The molecule has 1 amide bonds. The van der Waals surface area contributed by atoms with Crippen LogP contribution in [0.25, 0.3) is 10.9 Å². The molecule has 0 unspecified atom stereocenters. The predicted molar refractivity (Wildman–Crippen MR) is 140 cm³/mol. The number of nitrogens with one attached hydrogen (secondary N) is 2. The molecule has 1 aliphatic heterocycles. The highest BCUT2D eigenvalue weighted by atomic mass is 35.5. The summed E-state index contributed by atoms with van der Waals surface area (Å²) in [6.07, 6.45) is 2.27. The smallest absolute Gasteiger partial charge is 0.251 e. The zero-order valence-electron chi connectivity index (χ0n) is 20.1. The van der Waals surface area contributed by atoms with Crippen LogP contribution in [0.1, 0.15) is 28.4 Å². The summed E-state index contributed by atoms with van der Waals surface area (Å²) in [5.74, 6) is -0.389. The number of anilines is 1. The van der Waals surface area contributed by atoms with E-state index in [9.17, 15) is 18.3 Å². The van der Waals surface area contributed by atoms with Crippen LogP contribution in [0.15, 0.2) is 42.6 Å². The molecule has 0 spiro atoms. The maximum Gasteiger partial charge on any atom is 0.251 e. The largest absolute Gasteiger partial charge is 0.390 e. The first kappa shape index (κ1) is 25.5. The summed E-state index contributed by atoms with van der Waals surface area (Å²) in [4.78, 5) is 13.5. The number of nitrogens with zero attached hydrogens (tertiary/aromatic N) is 2. The van der Waals surface area contributed by atoms with E-state index >= 15 is 0 Å². The predicted octanol–water partition coefficient (Wildman–Crippen LogP) is 2.56. The van der Waals surface area contributed by atoms with E-state index < -0.39 is 22.2 Å². The second kappa shape index (κ2) is 10.2. The van der Waals surface area contributed by atoms with Crippen LogP contribution in [-0.4, -0.2) is 62.5 Å². The summed E-state index contributed by atoms with van der Waals surface area (Å²) in [7, 11) is -0.253. The van der Waals surface area contributed by atoms with Crippen LogP contribution in [-0.2, 0) is 29.4 Å². The van der Waals surface area contributed by atoms with E-state index in [1.54, 1.807) is 19.2 Å². The van der Waals surface area contributed by atoms with E-state index in [1.165, 1.54) is 11.4 Å². The first-order valence-corrected chi connectivity index (χ1v) is 13.6. The summed E-state index contributed by atoms with van der Waals surface area (Å²) < 4.78 is 28.8. The molecule has 8 nitrogen and oxygen atoms in total. The molecule has 0 saturated heterocycles. The molecule has 2 heterocycles. The van der Waals surface area contributed by atoms with Gasteiger partial charge in [-0.05, 0) is 55.3 Å². The highest BCUT2D eigenvalue weighted by Gasteiger charge is 2.29. The number of amides is 1. The highest BCUT2D eigenvalue weighted by Crippen LogP contribution is 2.35. The number of carbonyl (C=O) groups is 1. The molecule has 35 heavy (non-hydrogen) atoms. The quantitative estimate of drug-likeness (QED) is 0.425. The Morgan fingerprint density at radius 1 is 1.26 bits per heavy atom. The van der Waals surface area contributed by atoms with Crippen molar-refractivity contribution in [1.82, 2.24) is 15.2 Å². The van der Waals surface area contributed by atoms with Gasteiger partial charge in [-0.25, -0.2) is 8.42 Å². The lowest BCUT2D eigenvalue weighted by Gasteiger charge is -2.25. The number of carbonyl (C=O) groups excluding carboxylic acids is 1. The third-order valence-corrected chi connectivity index (χ3v) is 8.53. The fourth-order valence-corrected chi connectivity index (χ4v) is 5.97. The summed E-state index contributed by atoms with van der Waals surface area (Å²) in [5, 5.41) is 18.1. The molecule has 0 saturated carbocycles. The minimum Gasteiger partial charge on any atom is -0.390 e. The van der Waals surface area contributed by atoms with Gasteiger partial charge in [-0.2, -0.15) is 0 Å². The topological polar surface area (TPSA) is 104 Å². The molecule has 0 bridgehead atoms. The Kier molecular flexibility index (Phi) is 7.42. The van der Waals surface area contributed by atoms with Gasteiger partial charge in [-0.15, -0.1) is 0 Å². The van der Waals surface area contributed by atoms with Gasteiger partial charge in [0, 0.05) is 42.3 Å². The van der Waals surface area contributed by atoms with Crippen LogP contribution in [0.5, 0.6) is 0 Å². The maximum atomic E-state index is 13.5. The van der Waals surface area contributed by atoms with Crippen molar-refractivity contribution in [3.63, 3.8) is 0 Å². The number of hydrogen-bond donors (Lipinski definition) is 3. The van der Waals surface area contributed by atoms with E-state index in [4.69, 9.17) is 11.6 Å². The third-order valence-electron chi connectivity index (χ3n) is 6.56. The van der Waals surface area contributed by atoms with Crippen molar-refractivity contribution in [3.05, 3.63) is 64.3 Å². The zero-order chi connectivity index (χ0) is 25.3. The van der Waals surface area contributed by atoms with Gasteiger partial charge in [0.25, 0.3) is 5.91 Å². The average Bonchev–Trinajstić information content (AvgIpc) is 3.15. The van der Waals surface area contributed by atoms with Gasteiger partial charge in [-0.3, -0.25) is 9.10 Å². The van der Waals surface area contributed by atoms with Crippen molar-refractivity contribution < 1.29 is 18.3 Å². The number of benzene rings is 2. The number of aliphatic hydroxyl groups is 1. The van der Waals surface area contributed by atoms with Gasteiger partial charge >= 0.3 is 0 Å². The van der Waals surface area contributed by atoms with Crippen LogP contribution in [0.2, 0.25) is 5.02 Å².